The number of halogens is 4. The van der Waals surface area contributed by atoms with Crippen molar-refractivity contribution in [1.82, 2.24) is 0 Å². The molecule has 0 heterocycles. The molecule has 0 fully saturated rings. The number of nitrogens with two attached hydrogens (primary N) is 1. The Morgan fingerprint density at radius 3 is 2.12 bits per heavy atom. The van der Waals surface area contributed by atoms with Gasteiger partial charge < -0.3 is 16.3 Å². The maximum absolute atomic E-state index is 11.4. The van der Waals surface area contributed by atoms with E-state index in [-0.39, 0.29) is 0 Å². The number of nitrogen functional groups attached to an aromatic ring is 1. The zero-order valence-corrected chi connectivity index (χ0v) is 14.8. The Morgan fingerprint density at radius 1 is 1.19 bits per heavy atom. The summed E-state index contributed by atoms with van der Waals surface area (Å²) in [7, 11) is 0. The van der Waals surface area contributed by atoms with Crippen molar-refractivity contribution in [2.24, 2.45) is 0 Å². The van der Waals surface area contributed by atoms with E-state index in [0.29, 0.717) is 28.3 Å². The van der Waals surface area contributed by atoms with Crippen LogP contribution in [0.25, 0.3) is 0 Å². The minimum absolute atomic E-state index is 0.332. The number of hydrogen-bond donors (Lipinski definition) is 4. The average molecular weight is 578 g/mol. The van der Waals surface area contributed by atoms with Gasteiger partial charge in [0.05, 0.1) is 96.9 Å². The van der Waals surface area contributed by atoms with Crippen LogP contribution in [0.3, 0.4) is 0 Å². The van der Waals surface area contributed by atoms with Crippen molar-refractivity contribution in [2.75, 3.05) is 16.3 Å². The zero-order chi connectivity index (χ0) is 12.3. The molecule has 5 nitrogen and oxygen atoms in total. The molecule has 0 amide bonds. The van der Waals surface area contributed by atoms with Crippen LogP contribution >= 0.6 is 80.2 Å². The van der Waals surface area contributed by atoms with E-state index < -0.39 is 5.24 Å². The van der Waals surface area contributed by atoms with E-state index in [0.717, 1.165) is 0 Å². The Bertz CT molecular complexity index is 429. The van der Waals surface area contributed by atoms with Crippen LogP contribution in [0.1, 0.15) is 10.4 Å². The summed E-state index contributed by atoms with van der Waals surface area (Å²) >= 11 is 11.3. The van der Waals surface area contributed by atoms with Gasteiger partial charge in [-0.05, 0) is 17.7 Å². The number of carbonyl (C=O) groups is 1. The summed E-state index contributed by atoms with van der Waals surface area (Å²) in [4.78, 5) is 11.4. The molecule has 1 aromatic rings. The lowest BCUT2D eigenvalue weighted by Gasteiger charge is -2.15. The third-order valence-electron chi connectivity index (χ3n) is 1.86. The van der Waals surface area contributed by atoms with E-state index in [1.807, 2.05) is 68.6 Å². The van der Waals surface area contributed by atoms with Gasteiger partial charge in [-0.25, -0.2) is 0 Å². The molecule has 0 unspecified atom stereocenters. The van der Waals surface area contributed by atoms with E-state index in [4.69, 9.17) is 17.3 Å². The Morgan fingerprint density at radius 2 is 1.75 bits per heavy atom. The fourth-order valence-corrected chi connectivity index (χ4v) is 2.78. The molecule has 0 saturated heterocycles. The molecule has 88 valence electrons. The number of anilines is 4. The smallest absolute Gasteiger partial charge is 0.256 e. The van der Waals surface area contributed by atoms with Gasteiger partial charge in [-0.15, -0.1) is 0 Å². The zero-order valence-electron chi connectivity index (χ0n) is 7.57. The molecule has 16 heavy (non-hydrogen) atoms. The van der Waals surface area contributed by atoms with Gasteiger partial charge in [0.1, 0.15) is 0 Å². The molecule has 0 saturated carbocycles. The summed E-state index contributed by atoms with van der Waals surface area (Å²) in [6.07, 6.45) is 0. The Hall–Kier alpha value is 0.570. The van der Waals surface area contributed by atoms with Gasteiger partial charge in [-0.1, -0.05) is 0 Å². The van der Waals surface area contributed by atoms with E-state index >= 15 is 0 Å². The highest BCUT2D eigenvalue weighted by molar-refractivity contribution is 14.1. The molecular formula is C7H6ClI3N4O. The van der Waals surface area contributed by atoms with Gasteiger partial charge in [0.15, 0.2) is 0 Å². The van der Waals surface area contributed by atoms with Gasteiger partial charge in [0, 0.05) is 0 Å². The second kappa shape index (κ2) is 6.49. The first-order valence-electron chi connectivity index (χ1n) is 3.83. The van der Waals surface area contributed by atoms with Crippen molar-refractivity contribution >= 4 is 108 Å². The highest BCUT2D eigenvalue weighted by Crippen LogP contribution is 2.39. The third-order valence-corrected chi connectivity index (χ3v) is 3.75. The first-order valence-corrected chi connectivity index (χ1v) is 7.44. The van der Waals surface area contributed by atoms with Crippen LogP contribution in [0.5, 0.6) is 0 Å². The number of benzene rings is 1. The van der Waals surface area contributed by atoms with Gasteiger partial charge in [-0.3, -0.25) is 4.79 Å². The predicted molar refractivity (Wildman–Crippen MR) is 94.0 cm³/mol. The van der Waals surface area contributed by atoms with Crippen molar-refractivity contribution < 1.29 is 4.79 Å². The Balaban J connectivity index is 3.57. The summed E-state index contributed by atoms with van der Waals surface area (Å²) < 4.78 is 8.64. The lowest BCUT2D eigenvalue weighted by molar-refractivity contribution is 0.108. The van der Waals surface area contributed by atoms with Crippen LogP contribution in [-0.2, 0) is 0 Å². The molecule has 0 aliphatic rings. The summed E-state index contributed by atoms with van der Waals surface area (Å²) in [5.41, 5.74) is 8.49. The first kappa shape index (κ1) is 14.6. The maximum Gasteiger partial charge on any atom is 0.256 e. The average Bonchev–Trinajstić information content (AvgIpc) is 2.27. The number of rotatable bonds is 4. The topological polar surface area (TPSA) is 79.2 Å². The summed E-state index contributed by atoms with van der Waals surface area (Å²) in [5.74, 6) is 0. The van der Waals surface area contributed by atoms with Crippen molar-refractivity contribution in [3.63, 3.8) is 0 Å². The molecular weight excluding hydrogens is 572 g/mol. The predicted octanol–water partition coefficient (Wildman–Crippen LogP) is 3.93. The molecule has 1 aromatic carbocycles. The minimum Gasteiger partial charge on any atom is -0.395 e. The number of hydrogen-bond acceptors (Lipinski definition) is 5. The molecule has 5 N–H and O–H groups in total. The molecule has 0 aromatic heterocycles. The van der Waals surface area contributed by atoms with Gasteiger partial charge >= 0.3 is 0 Å². The van der Waals surface area contributed by atoms with E-state index in [1.54, 1.807) is 6.07 Å². The SMILES string of the molecule is Nc1c(NI)cc(NI)c(C(=O)Cl)c1NI. The standard InChI is InChI=1S/C7H6ClI3N4O/c8-7(16)4-2(13-9)1-3(14-10)5(12)6(4)15-11/h1,13-15H,12H2. The van der Waals surface area contributed by atoms with E-state index in [1.165, 1.54) is 0 Å². The number of nitrogens with one attached hydrogen (secondary N) is 3. The van der Waals surface area contributed by atoms with E-state index in [9.17, 15) is 4.79 Å². The minimum atomic E-state index is -0.565. The van der Waals surface area contributed by atoms with E-state index in [2.05, 4.69) is 10.6 Å². The highest BCUT2D eigenvalue weighted by atomic mass is 127. The maximum atomic E-state index is 11.4. The molecule has 0 aliphatic carbocycles. The van der Waals surface area contributed by atoms with Crippen LogP contribution in [-0.4, -0.2) is 5.24 Å². The summed E-state index contributed by atoms with van der Waals surface area (Å²) in [6.45, 7) is 0. The summed E-state index contributed by atoms with van der Waals surface area (Å²) in [6, 6.07) is 1.72. The van der Waals surface area contributed by atoms with Crippen LogP contribution in [0.4, 0.5) is 22.7 Å². The van der Waals surface area contributed by atoms with Crippen LogP contribution in [0.2, 0.25) is 0 Å². The fourth-order valence-electron chi connectivity index (χ4n) is 1.15. The van der Waals surface area contributed by atoms with Crippen LogP contribution in [0.15, 0.2) is 6.07 Å². The van der Waals surface area contributed by atoms with Crippen molar-refractivity contribution in [3.05, 3.63) is 11.6 Å². The second-order valence-electron chi connectivity index (χ2n) is 2.69. The normalized spacial score (nSPS) is 9.75. The molecule has 0 atom stereocenters. The van der Waals surface area contributed by atoms with Crippen LogP contribution in [0, 0.1) is 0 Å². The molecule has 0 spiro atoms. The van der Waals surface area contributed by atoms with Gasteiger partial charge in [0.2, 0.25) is 0 Å². The van der Waals surface area contributed by atoms with Gasteiger partial charge in [-0.2, -0.15) is 0 Å². The van der Waals surface area contributed by atoms with Crippen molar-refractivity contribution in [1.29, 1.82) is 0 Å². The number of carbonyl (C=O) groups excluding carboxylic acids is 1. The molecule has 0 aliphatic heterocycles. The van der Waals surface area contributed by atoms with Crippen LogP contribution < -0.4 is 16.3 Å². The highest BCUT2D eigenvalue weighted by Gasteiger charge is 2.19. The largest absolute Gasteiger partial charge is 0.395 e. The Kier molecular flexibility index (Phi) is 5.93. The lowest BCUT2D eigenvalue weighted by atomic mass is 10.1. The first-order chi connectivity index (χ1) is 7.56. The van der Waals surface area contributed by atoms with Crippen molar-refractivity contribution in [3.8, 4) is 0 Å². The molecule has 1 rings (SSSR count). The van der Waals surface area contributed by atoms with Gasteiger partial charge in [0.25, 0.3) is 5.24 Å². The Labute approximate surface area is 139 Å². The second-order valence-corrected chi connectivity index (χ2v) is 4.65. The third kappa shape index (κ3) is 2.87. The monoisotopic (exact) mass is 578 g/mol. The van der Waals surface area contributed by atoms with Crippen molar-refractivity contribution in [2.45, 2.75) is 0 Å². The quantitative estimate of drug-likeness (QED) is 0.189. The molecule has 9 heteroatoms. The molecule has 0 bridgehead atoms. The fraction of sp³-hybridized carbons (Fsp3) is 0. The molecule has 0 radical (unpaired) electrons. The lowest BCUT2D eigenvalue weighted by Crippen LogP contribution is -2.05. The summed E-state index contributed by atoms with van der Waals surface area (Å²) in [5, 5.41) is -0.565.